The summed E-state index contributed by atoms with van der Waals surface area (Å²) in [6.07, 6.45) is 0. The third-order valence-electron chi connectivity index (χ3n) is 2.54. The summed E-state index contributed by atoms with van der Waals surface area (Å²) < 4.78 is 18.8. The Bertz CT molecular complexity index is 663. The van der Waals surface area contributed by atoms with Gasteiger partial charge in [0, 0.05) is 22.7 Å². The monoisotopic (exact) mass is 297 g/mol. The predicted octanol–water partition coefficient (Wildman–Crippen LogP) is 3.67. The first-order valence-corrected chi connectivity index (χ1v) is 5.90. The molecule has 0 fully saturated rings. The number of hydrogen-bond donors (Lipinski definition) is 1. The van der Waals surface area contributed by atoms with Crippen molar-refractivity contribution in [3.8, 4) is 11.5 Å². The smallest absolute Gasteiger partial charge is 0.305 e. The Morgan fingerprint density at radius 1 is 1.30 bits per heavy atom. The van der Waals surface area contributed by atoms with Gasteiger partial charge in [-0.25, -0.2) is 0 Å². The lowest BCUT2D eigenvalue weighted by Gasteiger charge is -2.10. The van der Waals surface area contributed by atoms with E-state index < -0.39 is 16.4 Å². The number of ether oxygens (including phenoxy) is 1. The molecule has 2 aromatic rings. The van der Waals surface area contributed by atoms with Crippen LogP contribution in [0.4, 0.5) is 10.1 Å². The lowest BCUT2D eigenvalue weighted by atomic mass is 10.2. The molecule has 0 bridgehead atoms. The molecule has 104 valence electrons. The van der Waals surface area contributed by atoms with Crippen molar-refractivity contribution in [2.24, 2.45) is 0 Å². The molecule has 0 spiro atoms. The fourth-order valence-electron chi connectivity index (χ4n) is 1.60. The molecule has 0 unspecified atom stereocenters. The van der Waals surface area contributed by atoms with Crippen molar-refractivity contribution in [1.82, 2.24) is 0 Å². The molecular weight excluding hydrogens is 289 g/mol. The number of benzene rings is 2. The molecule has 5 nitrogen and oxygen atoms in total. The van der Waals surface area contributed by atoms with Gasteiger partial charge in [-0.15, -0.1) is 0 Å². The third kappa shape index (κ3) is 3.04. The Hall–Kier alpha value is -2.18. The minimum Gasteiger partial charge on any atom is -0.457 e. The van der Waals surface area contributed by atoms with Crippen LogP contribution in [0.25, 0.3) is 0 Å². The van der Waals surface area contributed by atoms with Crippen molar-refractivity contribution < 1.29 is 19.2 Å². The SMILES string of the molecule is O=[N+]([O-])c1ccc(Oc2ccc(Cl)cc2CO)cc1F. The second-order valence-corrected chi connectivity index (χ2v) is 4.32. The van der Waals surface area contributed by atoms with E-state index in [4.69, 9.17) is 16.3 Å². The molecule has 0 amide bonds. The average Bonchev–Trinajstić information content (AvgIpc) is 2.40. The van der Waals surface area contributed by atoms with Crippen LogP contribution >= 0.6 is 11.6 Å². The molecule has 0 saturated heterocycles. The maximum Gasteiger partial charge on any atom is 0.305 e. The topological polar surface area (TPSA) is 72.6 Å². The minimum atomic E-state index is -0.994. The van der Waals surface area contributed by atoms with Gasteiger partial charge in [-0.1, -0.05) is 11.6 Å². The van der Waals surface area contributed by atoms with Crippen molar-refractivity contribution >= 4 is 17.3 Å². The fourth-order valence-corrected chi connectivity index (χ4v) is 1.79. The standard InChI is InChI=1S/C13H9ClFNO4/c14-9-1-4-13(8(5-9)7-17)20-10-2-3-12(16(18)19)11(15)6-10/h1-6,17H,7H2. The zero-order valence-corrected chi connectivity index (χ0v) is 10.8. The number of nitro groups is 1. The zero-order valence-electron chi connectivity index (χ0n) is 10.0. The molecule has 0 atom stereocenters. The molecule has 2 rings (SSSR count). The number of hydrogen-bond acceptors (Lipinski definition) is 4. The number of aliphatic hydroxyl groups is 1. The first-order valence-electron chi connectivity index (χ1n) is 5.52. The summed E-state index contributed by atoms with van der Waals surface area (Å²) in [4.78, 5) is 9.69. The number of nitrogens with zero attached hydrogens (tertiary/aromatic N) is 1. The molecule has 0 aliphatic rings. The molecule has 0 aromatic heterocycles. The fraction of sp³-hybridized carbons (Fsp3) is 0.0769. The van der Waals surface area contributed by atoms with Gasteiger partial charge < -0.3 is 9.84 Å². The summed E-state index contributed by atoms with van der Waals surface area (Å²) >= 11 is 5.78. The van der Waals surface area contributed by atoms with Gasteiger partial charge in [0.2, 0.25) is 5.82 Å². The number of aliphatic hydroxyl groups excluding tert-OH is 1. The highest BCUT2D eigenvalue weighted by Crippen LogP contribution is 2.30. The summed E-state index contributed by atoms with van der Waals surface area (Å²) in [5, 5.41) is 20.1. The summed E-state index contributed by atoms with van der Waals surface area (Å²) in [6, 6.07) is 7.79. The maximum atomic E-state index is 13.5. The number of rotatable bonds is 4. The van der Waals surface area contributed by atoms with Gasteiger partial charge in [-0.3, -0.25) is 10.1 Å². The van der Waals surface area contributed by atoms with Gasteiger partial charge in [0.1, 0.15) is 11.5 Å². The Balaban J connectivity index is 2.31. The van der Waals surface area contributed by atoms with Gasteiger partial charge in [0.05, 0.1) is 11.5 Å². The normalized spacial score (nSPS) is 10.3. The molecule has 0 aliphatic heterocycles. The molecule has 7 heteroatoms. The quantitative estimate of drug-likeness (QED) is 0.690. The van der Waals surface area contributed by atoms with Crippen molar-refractivity contribution in [3.05, 3.63) is 62.9 Å². The van der Waals surface area contributed by atoms with Crippen LogP contribution in [-0.4, -0.2) is 10.0 Å². The lowest BCUT2D eigenvalue weighted by molar-refractivity contribution is -0.387. The highest BCUT2D eigenvalue weighted by molar-refractivity contribution is 6.30. The van der Waals surface area contributed by atoms with Crippen LogP contribution < -0.4 is 4.74 Å². The molecule has 0 radical (unpaired) electrons. The van der Waals surface area contributed by atoms with Crippen LogP contribution in [0.1, 0.15) is 5.56 Å². The van der Waals surface area contributed by atoms with Crippen LogP contribution in [0, 0.1) is 15.9 Å². The van der Waals surface area contributed by atoms with Crippen LogP contribution in [0.3, 0.4) is 0 Å². The first kappa shape index (κ1) is 14.2. The zero-order chi connectivity index (χ0) is 14.7. The number of nitro benzene ring substituents is 1. The van der Waals surface area contributed by atoms with Gasteiger partial charge in [-0.05, 0) is 24.3 Å². The average molecular weight is 298 g/mol. The van der Waals surface area contributed by atoms with Gasteiger partial charge in [0.25, 0.3) is 0 Å². The van der Waals surface area contributed by atoms with Crippen LogP contribution in [0.2, 0.25) is 5.02 Å². The van der Waals surface area contributed by atoms with E-state index in [1.807, 2.05) is 0 Å². The van der Waals surface area contributed by atoms with Crippen LogP contribution in [0.5, 0.6) is 11.5 Å². The van der Waals surface area contributed by atoms with Crippen LogP contribution in [-0.2, 0) is 6.61 Å². The second-order valence-electron chi connectivity index (χ2n) is 3.88. The van der Waals surface area contributed by atoms with E-state index in [-0.39, 0.29) is 12.4 Å². The van der Waals surface area contributed by atoms with Crippen molar-refractivity contribution in [2.75, 3.05) is 0 Å². The van der Waals surface area contributed by atoms with E-state index in [0.29, 0.717) is 16.3 Å². The summed E-state index contributed by atoms with van der Waals surface area (Å²) in [5.41, 5.74) is -0.202. The first-order chi connectivity index (χ1) is 9.51. The van der Waals surface area contributed by atoms with E-state index >= 15 is 0 Å². The lowest BCUT2D eigenvalue weighted by Crippen LogP contribution is -1.95. The summed E-state index contributed by atoms with van der Waals surface area (Å²) in [6.45, 7) is -0.300. The summed E-state index contributed by atoms with van der Waals surface area (Å²) in [7, 11) is 0. The van der Waals surface area contributed by atoms with E-state index in [1.165, 1.54) is 18.2 Å². The number of halogens is 2. The van der Waals surface area contributed by atoms with Gasteiger partial charge in [0.15, 0.2) is 0 Å². The molecule has 0 saturated carbocycles. The van der Waals surface area contributed by atoms with E-state index in [2.05, 4.69) is 0 Å². The molecular formula is C13H9ClFNO4. The Labute approximate surface area is 118 Å². The Morgan fingerprint density at radius 2 is 2.05 bits per heavy atom. The minimum absolute atomic E-state index is 0.0881. The van der Waals surface area contributed by atoms with Crippen molar-refractivity contribution in [1.29, 1.82) is 0 Å². The maximum absolute atomic E-state index is 13.5. The van der Waals surface area contributed by atoms with E-state index in [9.17, 15) is 19.6 Å². The van der Waals surface area contributed by atoms with Gasteiger partial charge in [-0.2, -0.15) is 4.39 Å². The van der Waals surface area contributed by atoms with Crippen molar-refractivity contribution in [2.45, 2.75) is 6.61 Å². The van der Waals surface area contributed by atoms with Crippen molar-refractivity contribution in [3.63, 3.8) is 0 Å². The Morgan fingerprint density at radius 3 is 2.65 bits per heavy atom. The molecule has 0 heterocycles. The molecule has 2 aromatic carbocycles. The highest BCUT2D eigenvalue weighted by atomic mass is 35.5. The molecule has 20 heavy (non-hydrogen) atoms. The van der Waals surface area contributed by atoms with Crippen LogP contribution in [0.15, 0.2) is 36.4 Å². The molecule has 1 N–H and O–H groups in total. The largest absolute Gasteiger partial charge is 0.457 e. The summed E-state index contributed by atoms with van der Waals surface area (Å²) in [5.74, 6) is -0.609. The predicted molar refractivity (Wildman–Crippen MR) is 70.5 cm³/mol. The van der Waals surface area contributed by atoms with E-state index in [1.54, 1.807) is 6.07 Å². The second kappa shape index (κ2) is 5.85. The molecule has 0 aliphatic carbocycles. The highest BCUT2D eigenvalue weighted by Gasteiger charge is 2.15. The van der Waals surface area contributed by atoms with E-state index in [0.717, 1.165) is 12.1 Å². The Kier molecular flexibility index (Phi) is 4.16. The van der Waals surface area contributed by atoms with Gasteiger partial charge >= 0.3 is 5.69 Å². The third-order valence-corrected chi connectivity index (χ3v) is 2.77.